The van der Waals surface area contributed by atoms with Crippen LogP contribution in [0.15, 0.2) is 25.3 Å². The summed E-state index contributed by atoms with van der Waals surface area (Å²) in [5, 5.41) is 3.20. The maximum absolute atomic E-state index is 13.0. The van der Waals surface area contributed by atoms with Crippen molar-refractivity contribution in [2.75, 3.05) is 13.6 Å². The van der Waals surface area contributed by atoms with Crippen molar-refractivity contribution in [3.05, 3.63) is 25.3 Å². The van der Waals surface area contributed by atoms with E-state index in [0.29, 0.717) is 0 Å². The summed E-state index contributed by atoms with van der Waals surface area (Å²) in [5.41, 5.74) is 5.11. The van der Waals surface area contributed by atoms with Gasteiger partial charge in [0, 0.05) is 17.3 Å². The Hall–Kier alpha value is -1.26. The summed E-state index contributed by atoms with van der Waals surface area (Å²) < 4.78 is 0. The van der Waals surface area contributed by atoms with Crippen LogP contribution in [-0.4, -0.2) is 31.2 Å². The second-order valence-electron chi connectivity index (χ2n) is 8.30. The van der Waals surface area contributed by atoms with Crippen molar-refractivity contribution in [2.45, 2.75) is 91.0 Å². The molecule has 1 saturated carbocycles. The third-order valence-electron chi connectivity index (χ3n) is 6.64. The number of nitrogens with one attached hydrogen (secondary N) is 1. The highest BCUT2D eigenvalue weighted by Gasteiger charge is 2.44. The van der Waals surface area contributed by atoms with Crippen LogP contribution in [0.3, 0.4) is 0 Å². The first-order valence-electron chi connectivity index (χ1n) is 11.5. The molecule has 0 aliphatic heterocycles. The van der Waals surface area contributed by atoms with Gasteiger partial charge in [0.1, 0.15) is 5.78 Å². The molecule has 0 heterocycles. The van der Waals surface area contributed by atoms with E-state index in [-0.39, 0.29) is 34.9 Å². The Morgan fingerprint density at radius 2 is 1.69 bits per heavy atom. The lowest BCUT2D eigenvalue weighted by Gasteiger charge is -2.37. The Morgan fingerprint density at radius 1 is 1.10 bits per heavy atom. The van der Waals surface area contributed by atoms with E-state index < -0.39 is 0 Å². The number of hydrogen-bond acceptors (Lipinski definition) is 4. The standard InChI is InChI=1S/C17H29NO2.C8H17N/c1-6-17(7-2,8-3)16(18-5)15(20)14-11-9-10-13(14)12(4)19;1-2-3-4-5-6-7-8-9/h6,13-14,16,18H,1,7-11H2,2-5H3;2H,1,3-9H2/t13-,14-,16+;/m0./s1. The topological polar surface area (TPSA) is 72.2 Å². The van der Waals surface area contributed by atoms with E-state index in [1.54, 1.807) is 6.92 Å². The number of rotatable bonds is 14. The van der Waals surface area contributed by atoms with Crippen LogP contribution >= 0.6 is 0 Å². The summed E-state index contributed by atoms with van der Waals surface area (Å²) in [6, 6.07) is -0.236. The molecule has 0 aromatic heterocycles. The fourth-order valence-electron chi connectivity index (χ4n) is 4.57. The zero-order valence-electron chi connectivity index (χ0n) is 19.5. The summed E-state index contributed by atoms with van der Waals surface area (Å²) in [4.78, 5) is 24.7. The summed E-state index contributed by atoms with van der Waals surface area (Å²) in [6.07, 6.45) is 14.5. The van der Waals surface area contributed by atoms with Crippen molar-refractivity contribution in [3.8, 4) is 0 Å². The third kappa shape index (κ3) is 8.55. The molecular weight excluding hydrogens is 360 g/mol. The summed E-state index contributed by atoms with van der Waals surface area (Å²) in [7, 11) is 1.84. The largest absolute Gasteiger partial charge is 0.330 e. The average Bonchev–Trinajstić information content (AvgIpc) is 3.22. The lowest BCUT2D eigenvalue weighted by Crippen LogP contribution is -2.51. The molecule has 0 spiro atoms. The fraction of sp³-hybridized carbons (Fsp3) is 0.760. The molecule has 1 rings (SSSR count). The highest BCUT2D eigenvalue weighted by atomic mass is 16.1. The van der Waals surface area contributed by atoms with Crippen molar-refractivity contribution in [1.82, 2.24) is 5.32 Å². The molecular formula is C25H46N2O2. The number of hydrogen-bond donors (Lipinski definition) is 2. The van der Waals surface area contributed by atoms with Gasteiger partial charge in [-0.3, -0.25) is 9.59 Å². The molecule has 3 N–H and O–H groups in total. The van der Waals surface area contributed by atoms with Gasteiger partial charge in [-0.15, -0.1) is 13.2 Å². The first-order chi connectivity index (χ1) is 13.9. The molecule has 3 atom stereocenters. The first kappa shape index (κ1) is 27.7. The minimum absolute atomic E-state index is 0.0745. The van der Waals surface area contributed by atoms with E-state index in [4.69, 9.17) is 5.73 Å². The van der Waals surface area contributed by atoms with Crippen molar-refractivity contribution in [2.24, 2.45) is 23.0 Å². The molecule has 168 valence electrons. The van der Waals surface area contributed by atoms with Crippen LogP contribution in [-0.2, 0) is 9.59 Å². The molecule has 0 unspecified atom stereocenters. The predicted molar refractivity (Wildman–Crippen MR) is 125 cm³/mol. The molecule has 0 amide bonds. The van der Waals surface area contributed by atoms with Crippen LogP contribution in [0.4, 0.5) is 0 Å². The minimum atomic E-state index is -0.236. The fourth-order valence-corrected chi connectivity index (χ4v) is 4.57. The molecule has 1 aliphatic carbocycles. The number of ketones is 2. The lowest BCUT2D eigenvalue weighted by atomic mass is 9.70. The Morgan fingerprint density at radius 3 is 2.14 bits per heavy atom. The number of carbonyl (C=O) groups is 2. The second kappa shape index (κ2) is 15.6. The van der Waals surface area contributed by atoms with E-state index >= 15 is 0 Å². The molecule has 0 aromatic carbocycles. The minimum Gasteiger partial charge on any atom is -0.330 e. The van der Waals surface area contributed by atoms with Gasteiger partial charge in [0.25, 0.3) is 0 Å². The molecule has 29 heavy (non-hydrogen) atoms. The Balaban J connectivity index is 0.000000734. The molecule has 1 aliphatic rings. The first-order valence-corrected chi connectivity index (χ1v) is 11.5. The van der Waals surface area contributed by atoms with Gasteiger partial charge in [-0.1, -0.05) is 45.3 Å². The van der Waals surface area contributed by atoms with E-state index in [1.165, 1.54) is 25.7 Å². The molecule has 0 radical (unpaired) electrons. The summed E-state index contributed by atoms with van der Waals surface area (Å²) >= 11 is 0. The second-order valence-corrected chi connectivity index (χ2v) is 8.30. The van der Waals surface area contributed by atoms with Crippen LogP contribution in [0.2, 0.25) is 0 Å². The Bertz CT molecular complexity index is 497. The number of Topliss-reactive ketones (excluding diaryl/α,β-unsaturated/α-hetero) is 2. The molecule has 4 nitrogen and oxygen atoms in total. The molecule has 0 aromatic rings. The van der Waals surface area contributed by atoms with Crippen LogP contribution < -0.4 is 11.1 Å². The number of nitrogens with two attached hydrogens (primary N) is 1. The summed E-state index contributed by atoms with van der Waals surface area (Å²) in [5.74, 6) is 0.179. The zero-order valence-corrected chi connectivity index (χ0v) is 19.5. The van der Waals surface area contributed by atoms with Gasteiger partial charge in [0.15, 0.2) is 5.78 Å². The highest BCUT2D eigenvalue weighted by Crippen LogP contribution is 2.39. The van der Waals surface area contributed by atoms with Gasteiger partial charge >= 0.3 is 0 Å². The Kier molecular flexibility index (Phi) is 14.9. The van der Waals surface area contributed by atoms with Gasteiger partial charge in [0.05, 0.1) is 6.04 Å². The van der Waals surface area contributed by atoms with Gasteiger partial charge in [-0.25, -0.2) is 0 Å². The molecule has 4 heteroatoms. The highest BCUT2D eigenvalue weighted by molar-refractivity contribution is 5.93. The predicted octanol–water partition coefficient (Wildman–Crippen LogP) is 5.22. The van der Waals surface area contributed by atoms with Gasteiger partial charge < -0.3 is 11.1 Å². The molecule has 0 bridgehead atoms. The SMILES string of the molecule is C=CC(CC)(CC)[C@H](NC)C(=O)[C@H]1CCC[C@H]1C(C)=O.C=CCCCCCCN. The average molecular weight is 407 g/mol. The smallest absolute Gasteiger partial charge is 0.154 e. The van der Waals surface area contributed by atoms with Crippen molar-refractivity contribution in [1.29, 1.82) is 0 Å². The quantitative estimate of drug-likeness (QED) is 0.306. The van der Waals surface area contributed by atoms with Crippen LogP contribution in [0, 0.1) is 17.3 Å². The van der Waals surface area contributed by atoms with Crippen LogP contribution in [0.25, 0.3) is 0 Å². The maximum Gasteiger partial charge on any atom is 0.154 e. The van der Waals surface area contributed by atoms with Gasteiger partial charge in [-0.05, 0) is 65.5 Å². The lowest BCUT2D eigenvalue weighted by molar-refractivity contribution is -0.133. The zero-order chi connectivity index (χ0) is 22.3. The van der Waals surface area contributed by atoms with Gasteiger partial charge in [-0.2, -0.15) is 0 Å². The number of likely N-dealkylation sites (N-methyl/N-ethyl adjacent to an activating group) is 1. The van der Waals surface area contributed by atoms with Crippen molar-refractivity contribution in [3.63, 3.8) is 0 Å². The number of unbranched alkanes of at least 4 members (excludes halogenated alkanes) is 4. The molecule has 0 saturated heterocycles. The third-order valence-corrected chi connectivity index (χ3v) is 6.64. The van der Waals surface area contributed by atoms with Crippen molar-refractivity contribution >= 4 is 11.6 Å². The van der Waals surface area contributed by atoms with Crippen LogP contribution in [0.1, 0.15) is 85.0 Å². The van der Waals surface area contributed by atoms with Crippen molar-refractivity contribution < 1.29 is 9.59 Å². The Labute approximate surface area is 179 Å². The number of allylic oxidation sites excluding steroid dienone is 1. The molecule has 1 fully saturated rings. The summed E-state index contributed by atoms with van der Waals surface area (Å²) in [6.45, 7) is 14.3. The monoisotopic (exact) mass is 406 g/mol. The maximum atomic E-state index is 13.0. The van der Waals surface area contributed by atoms with E-state index in [1.807, 2.05) is 19.2 Å². The number of carbonyl (C=O) groups excluding carboxylic acids is 2. The normalized spacial score (nSPS) is 19.8. The van der Waals surface area contributed by atoms with E-state index in [9.17, 15) is 9.59 Å². The van der Waals surface area contributed by atoms with E-state index in [0.717, 1.165) is 45.1 Å². The van der Waals surface area contributed by atoms with Gasteiger partial charge in [0.2, 0.25) is 0 Å². The van der Waals surface area contributed by atoms with Crippen LogP contribution in [0.5, 0.6) is 0 Å². The van der Waals surface area contributed by atoms with E-state index in [2.05, 4.69) is 32.3 Å².